The summed E-state index contributed by atoms with van der Waals surface area (Å²) in [6, 6.07) is 13.0. The van der Waals surface area contributed by atoms with Gasteiger partial charge in [0.2, 0.25) is 11.8 Å². The average molecular weight is 404 g/mol. The number of non-ortho nitro benzene ring substituents is 1. The monoisotopic (exact) mass is 403 g/mol. The average Bonchev–Trinajstić information content (AvgIpc) is 2.99. The van der Waals surface area contributed by atoms with Crippen LogP contribution in [0.3, 0.4) is 0 Å². The van der Waals surface area contributed by atoms with E-state index in [-0.39, 0.29) is 30.5 Å². The lowest BCUT2D eigenvalue weighted by molar-refractivity contribution is -0.384. The van der Waals surface area contributed by atoms with Gasteiger partial charge < -0.3 is 10.2 Å². The molecule has 1 saturated heterocycles. The van der Waals surface area contributed by atoms with E-state index in [9.17, 15) is 19.7 Å². The van der Waals surface area contributed by atoms with E-state index in [0.717, 1.165) is 4.47 Å². The molecule has 8 heteroatoms. The third kappa shape index (κ3) is 3.85. The van der Waals surface area contributed by atoms with Crippen LogP contribution in [0.15, 0.2) is 53.0 Å². The van der Waals surface area contributed by atoms with E-state index < -0.39 is 10.8 Å². The number of carbonyl (C=O) groups excluding carboxylic acids is 2. The molecule has 2 aromatic carbocycles. The van der Waals surface area contributed by atoms with E-state index in [2.05, 4.69) is 21.2 Å². The smallest absolute Gasteiger partial charge is 0.271 e. The third-order valence-corrected chi connectivity index (χ3v) is 4.49. The molecule has 1 unspecified atom stereocenters. The number of halogens is 1. The molecule has 0 radical (unpaired) electrons. The largest absolute Gasteiger partial charge is 0.326 e. The minimum Gasteiger partial charge on any atom is -0.326 e. The van der Waals surface area contributed by atoms with Gasteiger partial charge in [-0.25, -0.2) is 0 Å². The maximum Gasteiger partial charge on any atom is 0.271 e. The molecule has 2 aromatic rings. The van der Waals surface area contributed by atoms with Gasteiger partial charge in [-0.3, -0.25) is 19.7 Å². The highest BCUT2D eigenvalue weighted by Crippen LogP contribution is 2.28. The first-order valence-electron chi connectivity index (χ1n) is 7.55. The van der Waals surface area contributed by atoms with Crippen molar-refractivity contribution < 1.29 is 14.5 Å². The van der Waals surface area contributed by atoms with E-state index in [1.165, 1.54) is 23.1 Å². The van der Waals surface area contributed by atoms with Crippen molar-refractivity contribution in [1.29, 1.82) is 0 Å². The number of benzene rings is 2. The first kappa shape index (κ1) is 17.1. The van der Waals surface area contributed by atoms with Gasteiger partial charge in [0.05, 0.1) is 16.5 Å². The number of nitro groups is 1. The van der Waals surface area contributed by atoms with Crippen LogP contribution in [0.2, 0.25) is 0 Å². The standard InChI is InChI=1S/C17H14BrN3O4/c18-12-4-6-13(7-5-12)19-17(23)11-8-16(22)20(10-11)14-2-1-3-15(9-14)21(24)25/h1-7,9,11H,8,10H2,(H,19,23). The second kappa shape index (κ2) is 7.02. The number of anilines is 2. The van der Waals surface area contributed by atoms with E-state index >= 15 is 0 Å². The van der Waals surface area contributed by atoms with Gasteiger partial charge in [0.1, 0.15) is 0 Å². The zero-order chi connectivity index (χ0) is 18.0. The molecule has 0 saturated carbocycles. The first-order valence-corrected chi connectivity index (χ1v) is 8.34. The van der Waals surface area contributed by atoms with Gasteiger partial charge in [-0.05, 0) is 30.3 Å². The van der Waals surface area contributed by atoms with Crippen molar-refractivity contribution in [3.8, 4) is 0 Å². The van der Waals surface area contributed by atoms with Crippen LogP contribution < -0.4 is 10.2 Å². The summed E-state index contributed by atoms with van der Waals surface area (Å²) in [5.74, 6) is -0.976. The fourth-order valence-corrected chi connectivity index (χ4v) is 2.95. The molecule has 0 aromatic heterocycles. The quantitative estimate of drug-likeness (QED) is 0.625. The van der Waals surface area contributed by atoms with Gasteiger partial charge in [0, 0.05) is 35.3 Å². The molecule has 25 heavy (non-hydrogen) atoms. The fourth-order valence-electron chi connectivity index (χ4n) is 2.68. The van der Waals surface area contributed by atoms with Crippen molar-refractivity contribution in [3.63, 3.8) is 0 Å². The molecule has 1 atom stereocenters. The zero-order valence-corrected chi connectivity index (χ0v) is 14.6. The van der Waals surface area contributed by atoms with E-state index in [0.29, 0.717) is 11.4 Å². The van der Waals surface area contributed by atoms with Gasteiger partial charge in [-0.2, -0.15) is 0 Å². The Morgan fingerprint density at radius 2 is 1.96 bits per heavy atom. The molecule has 2 amide bonds. The highest BCUT2D eigenvalue weighted by atomic mass is 79.9. The molecular weight excluding hydrogens is 390 g/mol. The predicted molar refractivity (Wildman–Crippen MR) is 96.3 cm³/mol. The number of nitrogens with one attached hydrogen (secondary N) is 1. The Morgan fingerprint density at radius 1 is 1.24 bits per heavy atom. The molecule has 1 aliphatic heterocycles. The Bertz CT molecular complexity index is 838. The van der Waals surface area contributed by atoms with Crippen LogP contribution in [-0.4, -0.2) is 23.3 Å². The summed E-state index contributed by atoms with van der Waals surface area (Å²) in [6.45, 7) is 0.197. The number of hydrogen-bond acceptors (Lipinski definition) is 4. The SMILES string of the molecule is O=C(Nc1ccc(Br)cc1)C1CC(=O)N(c2cccc([N+](=O)[O-])c2)C1. The maximum absolute atomic E-state index is 12.4. The summed E-state index contributed by atoms with van der Waals surface area (Å²) in [6.07, 6.45) is 0.0745. The van der Waals surface area contributed by atoms with Crippen LogP contribution in [0, 0.1) is 16.0 Å². The van der Waals surface area contributed by atoms with Crippen molar-refractivity contribution in [2.24, 2.45) is 5.92 Å². The van der Waals surface area contributed by atoms with Gasteiger partial charge in [-0.1, -0.05) is 22.0 Å². The van der Waals surface area contributed by atoms with Crippen LogP contribution in [0.25, 0.3) is 0 Å². The van der Waals surface area contributed by atoms with Crippen molar-refractivity contribution in [2.75, 3.05) is 16.8 Å². The number of nitrogens with zero attached hydrogens (tertiary/aromatic N) is 2. The van der Waals surface area contributed by atoms with Gasteiger partial charge in [0.15, 0.2) is 0 Å². The number of carbonyl (C=O) groups is 2. The second-order valence-corrected chi connectivity index (χ2v) is 6.59. The van der Waals surface area contributed by atoms with Crippen molar-refractivity contribution in [1.82, 2.24) is 0 Å². The molecule has 0 aliphatic carbocycles. The molecule has 0 spiro atoms. The summed E-state index contributed by atoms with van der Waals surface area (Å²) in [5.41, 5.74) is 0.987. The Morgan fingerprint density at radius 3 is 2.64 bits per heavy atom. The Balaban J connectivity index is 1.71. The molecule has 7 nitrogen and oxygen atoms in total. The summed E-state index contributed by atoms with van der Waals surface area (Å²) in [7, 11) is 0. The van der Waals surface area contributed by atoms with Crippen LogP contribution in [0.4, 0.5) is 17.1 Å². The Labute approximate surface area is 151 Å². The van der Waals surface area contributed by atoms with Crippen molar-refractivity contribution >= 4 is 44.8 Å². The predicted octanol–water partition coefficient (Wildman–Crippen LogP) is 3.35. The topological polar surface area (TPSA) is 92.6 Å². The summed E-state index contributed by atoms with van der Waals surface area (Å²) in [5, 5.41) is 13.7. The molecule has 1 N–H and O–H groups in total. The normalized spacial score (nSPS) is 16.8. The molecular formula is C17H14BrN3O4. The third-order valence-electron chi connectivity index (χ3n) is 3.96. The van der Waals surface area contributed by atoms with Crippen LogP contribution >= 0.6 is 15.9 Å². The van der Waals surface area contributed by atoms with E-state index in [4.69, 9.17) is 0 Å². The second-order valence-electron chi connectivity index (χ2n) is 5.68. The summed E-state index contributed by atoms with van der Waals surface area (Å²) >= 11 is 3.32. The molecule has 128 valence electrons. The number of hydrogen-bond donors (Lipinski definition) is 1. The number of nitro benzene ring substituents is 1. The van der Waals surface area contributed by atoms with Crippen molar-refractivity contribution in [2.45, 2.75) is 6.42 Å². The minimum atomic E-state index is -0.512. The van der Waals surface area contributed by atoms with Gasteiger partial charge in [0.25, 0.3) is 5.69 Å². The maximum atomic E-state index is 12.4. The van der Waals surface area contributed by atoms with E-state index in [1.807, 2.05) is 12.1 Å². The van der Waals surface area contributed by atoms with Crippen molar-refractivity contribution in [3.05, 3.63) is 63.1 Å². The lowest BCUT2D eigenvalue weighted by Gasteiger charge is -2.16. The highest BCUT2D eigenvalue weighted by Gasteiger charge is 2.35. The van der Waals surface area contributed by atoms with Crippen LogP contribution in [0.5, 0.6) is 0 Å². The zero-order valence-electron chi connectivity index (χ0n) is 13.0. The Hall–Kier alpha value is -2.74. The molecule has 1 heterocycles. The molecule has 0 bridgehead atoms. The van der Waals surface area contributed by atoms with Gasteiger partial charge >= 0.3 is 0 Å². The highest BCUT2D eigenvalue weighted by molar-refractivity contribution is 9.10. The Kier molecular flexibility index (Phi) is 4.80. The summed E-state index contributed by atoms with van der Waals surface area (Å²) in [4.78, 5) is 36.4. The fraction of sp³-hybridized carbons (Fsp3) is 0.176. The summed E-state index contributed by atoms with van der Waals surface area (Å²) < 4.78 is 0.901. The number of amides is 2. The molecule has 1 aliphatic rings. The minimum absolute atomic E-state index is 0.0745. The van der Waals surface area contributed by atoms with E-state index in [1.54, 1.807) is 18.2 Å². The number of rotatable bonds is 4. The molecule has 1 fully saturated rings. The van der Waals surface area contributed by atoms with Crippen LogP contribution in [-0.2, 0) is 9.59 Å². The lowest BCUT2D eigenvalue weighted by Crippen LogP contribution is -2.28. The lowest BCUT2D eigenvalue weighted by atomic mass is 10.1. The molecule has 3 rings (SSSR count). The first-order chi connectivity index (χ1) is 11.9. The van der Waals surface area contributed by atoms with Crippen LogP contribution in [0.1, 0.15) is 6.42 Å². The van der Waals surface area contributed by atoms with Gasteiger partial charge in [-0.15, -0.1) is 0 Å².